The minimum Gasteiger partial charge on any atom is -0.480 e. The monoisotopic (exact) mass is 189 g/mol. The highest BCUT2D eigenvalue weighted by Gasteiger charge is 2.21. The summed E-state index contributed by atoms with van der Waals surface area (Å²) in [6, 6.07) is -1.05. The standard InChI is InChI=1S/C7H15N3O3/c8-2-1-4(6(10)11)3-5(9)7(12)13/h4-5H,1-3,8-9H2,(H2,10,11)(H,12,13)/t4?,5-/m0/s1. The maximum Gasteiger partial charge on any atom is 0.320 e. The summed E-state index contributed by atoms with van der Waals surface area (Å²) in [4.78, 5) is 21.1. The molecule has 76 valence electrons. The lowest BCUT2D eigenvalue weighted by atomic mass is 9.96. The molecule has 0 aromatic carbocycles. The first-order valence-electron chi connectivity index (χ1n) is 3.96. The maximum absolute atomic E-state index is 10.8. The predicted octanol–water partition coefficient (Wildman–Crippen LogP) is -1.76. The highest BCUT2D eigenvalue weighted by Crippen LogP contribution is 2.09. The van der Waals surface area contributed by atoms with Crippen LogP contribution in [-0.4, -0.2) is 29.6 Å². The molecular formula is C7H15N3O3. The first-order chi connectivity index (χ1) is 5.99. The fourth-order valence-electron chi connectivity index (χ4n) is 0.985. The Labute approximate surface area is 76.1 Å². The molecule has 0 rings (SSSR count). The van der Waals surface area contributed by atoms with E-state index >= 15 is 0 Å². The van der Waals surface area contributed by atoms with Gasteiger partial charge in [-0.15, -0.1) is 0 Å². The number of carboxylic acid groups (broad SMARTS) is 1. The van der Waals surface area contributed by atoms with Crippen LogP contribution < -0.4 is 17.2 Å². The van der Waals surface area contributed by atoms with Crippen LogP contribution in [0.1, 0.15) is 12.8 Å². The van der Waals surface area contributed by atoms with E-state index in [0.29, 0.717) is 13.0 Å². The summed E-state index contributed by atoms with van der Waals surface area (Å²) in [6.07, 6.45) is 0.415. The van der Waals surface area contributed by atoms with E-state index in [1.165, 1.54) is 0 Å². The van der Waals surface area contributed by atoms with E-state index in [9.17, 15) is 9.59 Å². The molecular weight excluding hydrogens is 174 g/mol. The number of carboxylic acids is 1. The predicted molar refractivity (Wildman–Crippen MR) is 46.6 cm³/mol. The molecule has 0 aromatic heterocycles. The lowest BCUT2D eigenvalue weighted by molar-refractivity contribution is -0.139. The van der Waals surface area contributed by atoms with Gasteiger partial charge in [-0.05, 0) is 19.4 Å². The number of carbonyl (C=O) groups is 2. The largest absolute Gasteiger partial charge is 0.480 e. The zero-order valence-electron chi connectivity index (χ0n) is 7.27. The van der Waals surface area contributed by atoms with Crippen molar-refractivity contribution in [2.24, 2.45) is 23.1 Å². The highest BCUT2D eigenvalue weighted by atomic mass is 16.4. The number of amides is 1. The molecule has 1 unspecified atom stereocenters. The molecule has 0 aliphatic carbocycles. The molecule has 0 aromatic rings. The zero-order chi connectivity index (χ0) is 10.4. The van der Waals surface area contributed by atoms with Gasteiger partial charge in [0.2, 0.25) is 5.91 Å². The SMILES string of the molecule is NCCC(C[C@H](N)C(=O)O)C(N)=O. The van der Waals surface area contributed by atoms with Crippen molar-refractivity contribution in [2.45, 2.75) is 18.9 Å². The molecule has 0 saturated heterocycles. The molecule has 13 heavy (non-hydrogen) atoms. The molecule has 0 aliphatic rings. The van der Waals surface area contributed by atoms with Crippen molar-refractivity contribution in [1.29, 1.82) is 0 Å². The van der Waals surface area contributed by atoms with Crippen molar-refractivity contribution >= 4 is 11.9 Å². The lowest BCUT2D eigenvalue weighted by Crippen LogP contribution is -2.37. The fourth-order valence-corrected chi connectivity index (χ4v) is 0.985. The van der Waals surface area contributed by atoms with E-state index in [1.807, 2.05) is 0 Å². The van der Waals surface area contributed by atoms with E-state index in [2.05, 4.69) is 0 Å². The Balaban J connectivity index is 4.09. The second-order valence-electron chi connectivity index (χ2n) is 2.86. The van der Waals surface area contributed by atoms with Gasteiger partial charge in [0.15, 0.2) is 0 Å². The third-order valence-corrected chi connectivity index (χ3v) is 1.77. The Kier molecular flexibility index (Phi) is 5.01. The summed E-state index contributed by atoms with van der Waals surface area (Å²) in [6.45, 7) is 0.292. The van der Waals surface area contributed by atoms with Crippen molar-refractivity contribution in [3.8, 4) is 0 Å². The molecule has 0 heterocycles. The van der Waals surface area contributed by atoms with E-state index in [-0.39, 0.29) is 6.42 Å². The van der Waals surface area contributed by atoms with Gasteiger partial charge in [0.25, 0.3) is 0 Å². The molecule has 0 spiro atoms. The molecule has 1 amide bonds. The van der Waals surface area contributed by atoms with Crippen LogP contribution in [0.15, 0.2) is 0 Å². The van der Waals surface area contributed by atoms with Gasteiger partial charge in [0.1, 0.15) is 6.04 Å². The minimum atomic E-state index is -1.14. The molecule has 0 fully saturated rings. The topological polar surface area (TPSA) is 132 Å². The number of carbonyl (C=O) groups excluding carboxylic acids is 1. The molecule has 0 saturated carbocycles. The van der Waals surface area contributed by atoms with Crippen molar-refractivity contribution in [1.82, 2.24) is 0 Å². The van der Waals surface area contributed by atoms with Crippen molar-refractivity contribution < 1.29 is 14.7 Å². The number of hydrogen-bond acceptors (Lipinski definition) is 4. The first-order valence-corrected chi connectivity index (χ1v) is 3.96. The van der Waals surface area contributed by atoms with Crippen LogP contribution in [0.2, 0.25) is 0 Å². The quantitative estimate of drug-likeness (QED) is 0.393. The van der Waals surface area contributed by atoms with Gasteiger partial charge in [-0.25, -0.2) is 0 Å². The van der Waals surface area contributed by atoms with Crippen molar-refractivity contribution in [3.05, 3.63) is 0 Å². The average Bonchev–Trinajstić information content (AvgIpc) is 2.03. The molecule has 7 N–H and O–H groups in total. The number of hydrogen-bond donors (Lipinski definition) is 4. The smallest absolute Gasteiger partial charge is 0.320 e. The molecule has 0 radical (unpaired) electrons. The molecule has 6 nitrogen and oxygen atoms in total. The number of aliphatic carboxylic acids is 1. The van der Waals surface area contributed by atoms with Crippen LogP contribution in [0.5, 0.6) is 0 Å². The second kappa shape index (κ2) is 5.50. The summed E-state index contributed by atoms with van der Waals surface area (Å²) in [5.41, 5.74) is 15.5. The Bertz CT molecular complexity index is 195. The van der Waals surface area contributed by atoms with Gasteiger partial charge in [0, 0.05) is 5.92 Å². The molecule has 2 atom stereocenters. The average molecular weight is 189 g/mol. The Morgan fingerprint density at radius 3 is 2.23 bits per heavy atom. The third-order valence-electron chi connectivity index (χ3n) is 1.77. The highest BCUT2D eigenvalue weighted by molar-refractivity contribution is 5.79. The summed E-state index contributed by atoms with van der Waals surface area (Å²) in [7, 11) is 0. The van der Waals surface area contributed by atoms with Crippen LogP contribution in [0.25, 0.3) is 0 Å². The minimum absolute atomic E-state index is 0.0435. The third kappa shape index (κ3) is 4.44. The van der Waals surface area contributed by atoms with Crippen LogP contribution >= 0.6 is 0 Å². The summed E-state index contributed by atoms with van der Waals surface area (Å²) in [5.74, 6) is -2.23. The van der Waals surface area contributed by atoms with Crippen molar-refractivity contribution in [2.75, 3.05) is 6.54 Å². The van der Waals surface area contributed by atoms with Crippen molar-refractivity contribution in [3.63, 3.8) is 0 Å². The van der Waals surface area contributed by atoms with Gasteiger partial charge in [-0.1, -0.05) is 0 Å². The summed E-state index contributed by atoms with van der Waals surface area (Å²) in [5, 5.41) is 8.47. The number of nitrogens with two attached hydrogens (primary N) is 3. The Morgan fingerprint density at radius 2 is 1.92 bits per heavy atom. The van der Waals surface area contributed by atoms with Gasteiger partial charge in [0.05, 0.1) is 0 Å². The zero-order valence-corrected chi connectivity index (χ0v) is 7.27. The number of rotatable bonds is 6. The summed E-state index contributed by atoms with van der Waals surface area (Å²) >= 11 is 0. The van der Waals surface area contributed by atoms with Crippen LogP contribution in [0.3, 0.4) is 0 Å². The second-order valence-corrected chi connectivity index (χ2v) is 2.86. The van der Waals surface area contributed by atoms with Gasteiger partial charge in [-0.3, -0.25) is 9.59 Å². The van der Waals surface area contributed by atoms with E-state index in [1.54, 1.807) is 0 Å². The first kappa shape index (κ1) is 11.9. The Hall–Kier alpha value is -1.14. The van der Waals surface area contributed by atoms with Gasteiger partial charge in [-0.2, -0.15) is 0 Å². The van der Waals surface area contributed by atoms with E-state index < -0.39 is 23.8 Å². The normalized spacial score (nSPS) is 14.9. The molecule has 0 bridgehead atoms. The maximum atomic E-state index is 10.8. The van der Waals surface area contributed by atoms with Crippen LogP contribution in [0.4, 0.5) is 0 Å². The fraction of sp³-hybridized carbons (Fsp3) is 0.714. The van der Waals surface area contributed by atoms with E-state index in [4.69, 9.17) is 22.3 Å². The lowest BCUT2D eigenvalue weighted by Gasteiger charge is -2.14. The molecule has 0 aliphatic heterocycles. The summed E-state index contributed by atoms with van der Waals surface area (Å²) < 4.78 is 0. The van der Waals surface area contributed by atoms with Gasteiger partial charge < -0.3 is 22.3 Å². The van der Waals surface area contributed by atoms with Gasteiger partial charge >= 0.3 is 5.97 Å². The van der Waals surface area contributed by atoms with Crippen LogP contribution in [-0.2, 0) is 9.59 Å². The van der Waals surface area contributed by atoms with E-state index in [0.717, 1.165) is 0 Å². The molecule has 6 heteroatoms. The number of primary amides is 1. The Morgan fingerprint density at radius 1 is 1.38 bits per heavy atom. The van der Waals surface area contributed by atoms with Crippen LogP contribution in [0, 0.1) is 5.92 Å².